The number of unbranched alkanes of at least 4 members (excludes halogenated alkanes) is 11. The molecule has 0 saturated heterocycles. The second-order valence-corrected chi connectivity index (χ2v) is 6.89. The summed E-state index contributed by atoms with van der Waals surface area (Å²) in [5.74, 6) is 0. The maximum atomic E-state index is 10.2. The van der Waals surface area contributed by atoms with Crippen LogP contribution in [-0.2, 0) is 4.79 Å². The molecule has 0 bridgehead atoms. The van der Waals surface area contributed by atoms with E-state index < -0.39 is 0 Å². The Morgan fingerprint density at radius 1 is 0.800 bits per heavy atom. The van der Waals surface area contributed by atoms with Crippen molar-refractivity contribution in [1.29, 1.82) is 0 Å². The SMILES string of the molecule is CCCCCCCCCCCCCCNc1ccc(/C=C/[C]=O)cc1. The van der Waals surface area contributed by atoms with Crippen LogP contribution in [0.5, 0.6) is 0 Å². The van der Waals surface area contributed by atoms with E-state index in [1.54, 1.807) is 12.4 Å². The first-order valence-electron chi connectivity index (χ1n) is 10.2. The van der Waals surface area contributed by atoms with E-state index in [4.69, 9.17) is 0 Å². The van der Waals surface area contributed by atoms with Crippen molar-refractivity contribution in [3.05, 3.63) is 35.9 Å². The lowest BCUT2D eigenvalue weighted by Gasteiger charge is -2.07. The largest absolute Gasteiger partial charge is 0.385 e. The lowest BCUT2D eigenvalue weighted by atomic mass is 10.1. The van der Waals surface area contributed by atoms with Crippen LogP contribution in [0.3, 0.4) is 0 Å². The molecule has 0 aromatic heterocycles. The molecular weight excluding hydrogens is 306 g/mol. The van der Waals surface area contributed by atoms with Crippen LogP contribution < -0.4 is 5.32 Å². The molecule has 1 aromatic rings. The van der Waals surface area contributed by atoms with E-state index in [0.717, 1.165) is 17.8 Å². The highest BCUT2D eigenvalue weighted by molar-refractivity contribution is 5.74. The fourth-order valence-electron chi connectivity index (χ4n) is 3.04. The smallest absolute Gasteiger partial charge is 0.225 e. The Labute approximate surface area is 155 Å². The van der Waals surface area contributed by atoms with Crippen molar-refractivity contribution in [2.45, 2.75) is 84.0 Å². The molecule has 139 valence electrons. The Bertz CT molecular complexity index is 450. The Morgan fingerprint density at radius 3 is 1.84 bits per heavy atom. The van der Waals surface area contributed by atoms with Crippen molar-refractivity contribution in [3.63, 3.8) is 0 Å². The van der Waals surface area contributed by atoms with Gasteiger partial charge in [-0.25, -0.2) is 0 Å². The first kappa shape index (κ1) is 21.5. The number of benzene rings is 1. The summed E-state index contributed by atoms with van der Waals surface area (Å²) in [6.07, 6.45) is 21.6. The molecule has 0 aliphatic heterocycles. The minimum absolute atomic E-state index is 1.03. The van der Waals surface area contributed by atoms with Gasteiger partial charge >= 0.3 is 0 Å². The minimum Gasteiger partial charge on any atom is -0.385 e. The predicted octanol–water partition coefficient (Wildman–Crippen LogP) is 6.92. The fourth-order valence-corrected chi connectivity index (χ4v) is 3.04. The molecule has 0 aliphatic rings. The van der Waals surface area contributed by atoms with Gasteiger partial charge in [0.15, 0.2) is 0 Å². The number of anilines is 1. The molecular formula is C23H36NO. The van der Waals surface area contributed by atoms with Crippen molar-refractivity contribution in [2.24, 2.45) is 0 Å². The standard InChI is InChI=1S/C23H36NO/c1-2-3-4-5-6-7-8-9-10-11-12-13-20-24-23-18-16-22(17-19-23)15-14-21-25/h14-19,24H,2-13,20H2,1H3/b15-14+. The van der Waals surface area contributed by atoms with Crippen LogP contribution in [0.2, 0.25) is 0 Å². The Balaban J connectivity index is 1.90. The second-order valence-electron chi connectivity index (χ2n) is 6.89. The highest BCUT2D eigenvalue weighted by Gasteiger charge is 1.95. The summed E-state index contributed by atoms with van der Waals surface area (Å²) in [6.45, 7) is 3.31. The summed E-state index contributed by atoms with van der Waals surface area (Å²) >= 11 is 0. The molecule has 0 fully saturated rings. The number of carbonyl (C=O) groups excluding carboxylic acids is 1. The van der Waals surface area contributed by atoms with Crippen molar-refractivity contribution < 1.29 is 4.79 Å². The van der Waals surface area contributed by atoms with Gasteiger partial charge < -0.3 is 5.32 Å². The summed E-state index contributed by atoms with van der Waals surface area (Å²) < 4.78 is 0. The van der Waals surface area contributed by atoms with Crippen LogP contribution in [-0.4, -0.2) is 12.8 Å². The molecule has 0 amide bonds. The van der Waals surface area contributed by atoms with Crippen LogP contribution in [0.4, 0.5) is 5.69 Å². The number of hydrogen-bond donors (Lipinski definition) is 1. The first-order chi connectivity index (χ1) is 12.4. The van der Waals surface area contributed by atoms with Gasteiger partial charge in [-0.05, 0) is 30.2 Å². The molecule has 0 unspecified atom stereocenters. The van der Waals surface area contributed by atoms with E-state index >= 15 is 0 Å². The number of allylic oxidation sites excluding steroid dienone is 1. The van der Waals surface area contributed by atoms with Crippen LogP contribution in [0, 0.1) is 0 Å². The first-order valence-corrected chi connectivity index (χ1v) is 10.2. The topological polar surface area (TPSA) is 29.1 Å². The maximum absolute atomic E-state index is 10.2. The van der Waals surface area contributed by atoms with E-state index in [1.165, 1.54) is 83.1 Å². The van der Waals surface area contributed by atoms with E-state index in [-0.39, 0.29) is 0 Å². The van der Waals surface area contributed by atoms with E-state index in [2.05, 4.69) is 24.4 Å². The molecule has 25 heavy (non-hydrogen) atoms. The molecule has 1 aromatic carbocycles. The van der Waals surface area contributed by atoms with Crippen LogP contribution in [0.25, 0.3) is 6.08 Å². The number of nitrogens with one attached hydrogen (secondary N) is 1. The van der Waals surface area contributed by atoms with Crippen molar-refractivity contribution >= 4 is 18.0 Å². The molecule has 0 heterocycles. The average molecular weight is 343 g/mol. The number of rotatable bonds is 16. The molecule has 0 spiro atoms. The van der Waals surface area contributed by atoms with Crippen molar-refractivity contribution in [1.82, 2.24) is 0 Å². The number of hydrogen-bond acceptors (Lipinski definition) is 2. The molecule has 1 N–H and O–H groups in total. The monoisotopic (exact) mass is 342 g/mol. The average Bonchev–Trinajstić information content (AvgIpc) is 2.65. The zero-order valence-electron chi connectivity index (χ0n) is 16.1. The Kier molecular flexibility index (Phi) is 13.7. The quantitative estimate of drug-likeness (QED) is 0.261. The summed E-state index contributed by atoms with van der Waals surface area (Å²) in [5.41, 5.74) is 2.18. The third-order valence-electron chi connectivity index (χ3n) is 4.61. The highest BCUT2D eigenvalue weighted by Crippen LogP contribution is 2.13. The lowest BCUT2D eigenvalue weighted by molar-refractivity contribution is 0.546. The van der Waals surface area contributed by atoms with Crippen LogP contribution in [0.15, 0.2) is 30.3 Å². The van der Waals surface area contributed by atoms with Gasteiger partial charge in [-0.15, -0.1) is 0 Å². The summed E-state index contributed by atoms with van der Waals surface area (Å²) in [7, 11) is 0. The van der Waals surface area contributed by atoms with E-state index in [9.17, 15) is 4.79 Å². The summed E-state index contributed by atoms with van der Waals surface area (Å²) in [6, 6.07) is 8.15. The van der Waals surface area contributed by atoms with Gasteiger partial charge in [-0.1, -0.05) is 95.8 Å². The van der Waals surface area contributed by atoms with E-state index in [1.807, 2.05) is 12.1 Å². The third-order valence-corrected chi connectivity index (χ3v) is 4.61. The Morgan fingerprint density at radius 2 is 1.32 bits per heavy atom. The van der Waals surface area contributed by atoms with Crippen LogP contribution >= 0.6 is 0 Å². The molecule has 2 heteroatoms. The van der Waals surface area contributed by atoms with Gasteiger partial charge in [0, 0.05) is 12.2 Å². The highest BCUT2D eigenvalue weighted by atomic mass is 16.1. The maximum Gasteiger partial charge on any atom is 0.225 e. The third kappa shape index (κ3) is 12.4. The zero-order chi connectivity index (χ0) is 18.0. The molecule has 0 aliphatic carbocycles. The minimum atomic E-state index is 1.03. The molecule has 0 saturated carbocycles. The predicted molar refractivity (Wildman–Crippen MR) is 111 cm³/mol. The zero-order valence-corrected chi connectivity index (χ0v) is 16.1. The van der Waals surface area contributed by atoms with Gasteiger partial charge in [-0.2, -0.15) is 0 Å². The molecule has 2 nitrogen and oxygen atoms in total. The summed E-state index contributed by atoms with van der Waals surface area (Å²) in [4.78, 5) is 10.2. The van der Waals surface area contributed by atoms with Gasteiger partial charge in [0.2, 0.25) is 6.29 Å². The van der Waals surface area contributed by atoms with Crippen LogP contribution in [0.1, 0.15) is 89.5 Å². The molecule has 1 radical (unpaired) electrons. The van der Waals surface area contributed by atoms with Gasteiger partial charge in [0.25, 0.3) is 0 Å². The van der Waals surface area contributed by atoms with Crippen molar-refractivity contribution in [3.8, 4) is 0 Å². The molecule has 0 atom stereocenters. The normalized spacial score (nSPS) is 11.1. The molecule has 1 rings (SSSR count). The summed E-state index contributed by atoms with van der Waals surface area (Å²) in [5, 5.41) is 3.46. The van der Waals surface area contributed by atoms with Gasteiger partial charge in [-0.3, -0.25) is 4.79 Å². The van der Waals surface area contributed by atoms with E-state index in [0.29, 0.717) is 0 Å². The van der Waals surface area contributed by atoms with Gasteiger partial charge in [0.1, 0.15) is 0 Å². The van der Waals surface area contributed by atoms with Gasteiger partial charge in [0.05, 0.1) is 0 Å². The van der Waals surface area contributed by atoms with Crippen molar-refractivity contribution in [2.75, 3.05) is 11.9 Å². The fraction of sp³-hybridized carbons (Fsp3) is 0.609. The second kappa shape index (κ2) is 15.9. The lowest BCUT2D eigenvalue weighted by Crippen LogP contribution is -2.01. The Hall–Kier alpha value is -1.57.